The van der Waals surface area contributed by atoms with E-state index in [1.807, 2.05) is 25.0 Å². The predicted molar refractivity (Wildman–Crippen MR) is 116 cm³/mol. The molecule has 160 valence electrons. The summed E-state index contributed by atoms with van der Waals surface area (Å²) in [6.45, 7) is 2.32. The van der Waals surface area contributed by atoms with Crippen LogP contribution in [0, 0.1) is 11.6 Å². The minimum atomic E-state index is -0.730. The summed E-state index contributed by atoms with van der Waals surface area (Å²) in [5.41, 5.74) is 6.35. The zero-order valence-electron chi connectivity index (χ0n) is 16.9. The summed E-state index contributed by atoms with van der Waals surface area (Å²) in [7, 11) is 3.95. The van der Waals surface area contributed by atoms with Crippen molar-refractivity contribution in [2.45, 2.75) is 19.3 Å². The molecule has 0 radical (unpaired) electrons. The number of halogens is 2. The molecule has 0 spiro atoms. The molecule has 0 unspecified atom stereocenters. The lowest BCUT2D eigenvalue weighted by atomic mass is 10.1. The Balaban J connectivity index is 0.000000172. The average Bonchev–Trinajstić information content (AvgIpc) is 3.31. The molecule has 1 aliphatic rings. The van der Waals surface area contributed by atoms with E-state index in [4.69, 9.17) is 5.73 Å². The molecule has 7 nitrogen and oxygen atoms in total. The van der Waals surface area contributed by atoms with Crippen molar-refractivity contribution in [2.24, 2.45) is 7.05 Å². The molecule has 3 N–H and O–H groups in total. The van der Waals surface area contributed by atoms with Crippen LogP contribution in [-0.4, -0.2) is 41.2 Å². The van der Waals surface area contributed by atoms with E-state index in [2.05, 4.69) is 20.3 Å². The molecule has 3 heterocycles. The molecule has 1 aromatic carbocycles. The SMILES string of the molecule is CNc1cnn(C)c1N1CCCCC1.Nc1sc(-c2c(F)cccc2F)nc1C=O. The highest BCUT2D eigenvalue weighted by molar-refractivity contribution is 7.19. The highest BCUT2D eigenvalue weighted by atomic mass is 32.1. The quantitative estimate of drug-likeness (QED) is 0.605. The van der Waals surface area contributed by atoms with Gasteiger partial charge in [-0.2, -0.15) is 5.10 Å². The molecule has 0 saturated carbocycles. The molecule has 1 saturated heterocycles. The van der Waals surface area contributed by atoms with Gasteiger partial charge in [-0.05, 0) is 31.4 Å². The van der Waals surface area contributed by atoms with Crippen molar-refractivity contribution in [1.29, 1.82) is 0 Å². The van der Waals surface area contributed by atoms with Gasteiger partial charge in [0.25, 0.3) is 0 Å². The van der Waals surface area contributed by atoms with Crippen molar-refractivity contribution in [3.63, 3.8) is 0 Å². The molecule has 10 heteroatoms. The van der Waals surface area contributed by atoms with Gasteiger partial charge in [-0.25, -0.2) is 13.8 Å². The molecule has 0 atom stereocenters. The monoisotopic (exact) mass is 434 g/mol. The first-order valence-electron chi connectivity index (χ1n) is 9.56. The van der Waals surface area contributed by atoms with Crippen LogP contribution >= 0.6 is 11.3 Å². The van der Waals surface area contributed by atoms with E-state index in [-0.39, 0.29) is 21.3 Å². The summed E-state index contributed by atoms with van der Waals surface area (Å²) in [4.78, 5) is 16.7. The lowest BCUT2D eigenvalue weighted by Gasteiger charge is -2.29. The summed E-state index contributed by atoms with van der Waals surface area (Å²) in [6.07, 6.45) is 6.31. The standard InChI is InChI=1S/C10H6F2N2OS.C10H18N4/c11-5-2-1-3-6(12)8(5)10-14-7(4-15)9(13)16-10;1-11-9-8-12-13(2)10(9)14-6-4-3-5-7-14/h1-4H,13H2;8,11H,3-7H2,1-2H3. The first kappa shape index (κ1) is 21.7. The van der Waals surface area contributed by atoms with Crippen LogP contribution in [0.3, 0.4) is 0 Å². The normalized spacial score (nSPS) is 13.5. The van der Waals surface area contributed by atoms with Gasteiger partial charge in [-0.1, -0.05) is 17.4 Å². The molecule has 0 amide bonds. The highest BCUT2D eigenvalue weighted by Gasteiger charge is 2.18. The van der Waals surface area contributed by atoms with Gasteiger partial charge in [-0.15, -0.1) is 0 Å². The lowest BCUT2D eigenvalue weighted by Crippen LogP contribution is -2.31. The number of carbonyl (C=O) groups is 1. The molecule has 4 rings (SSSR count). The van der Waals surface area contributed by atoms with Gasteiger partial charge < -0.3 is 16.0 Å². The number of aromatic nitrogens is 3. The average molecular weight is 435 g/mol. The maximum absolute atomic E-state index is 13.4. The van der Waals surface area contributed by atoms with Crippen molar-refractivity contribution in [2.75, 3.05) is 36.1 Å². The van der Waals surface area contributed by atoms with Gasteiger partial charge >= 0.3 is 0 Å². The summed E-state index contributed by atoms with van der Waals surface area (Å²) in [6, 6.07) is 3.50. The number of anilines is 3. The number of benzene rings is 1. The van der Waals surface area contributed by atoms with E-state index < -0.39 is 11.6 Å². The third kappa shape index (κ3) is 4.59. The van der Waals surface area contributed by atoms with E-state index in [1.165, 1.54) is 31.1 Å². The van der Waals surface area contributed by atoms with Crippen molar-refractivity contribution >= 4 is 34.1 Å². The Hall–Kier alpha value is -3.01. The number of nitrogens with zero attached hydrogens (tertiary/aromatic N) is 4. The van der Waals surface area contributed by atoms with E-state index in [0.29, 0.717) is 6.29 Å². The fraction of sp³-hybridized carbons (Fsp3) is 0.350. The van der Waals surface area contributed by atoms with Gasteiger partial charge in [0.1, 0.15) is 33.2 Å². The van der Waals surface area contributed by atoms with Gasteiger partial charge in [0, 0.05) is 27.2 Å². The molecule has 3 aromatic rings. The number of thiazole rings is 1. The molecule has 1 fully saturated rings. The Morgan fingerprint density at radius 1 is 1.20 bits per heavy atom. The summed E-state index contributed by atoms with van der Waals surface area (Å²) in [5.74, 6) is -0.232. The minimum absolute atomic E-state index is 0.00246. The second kappa shape index (κ2) is 9.66. The van der Waals surface area contributed by atoms with Crippen LogP contribution in [0.25, 0.3) is 10.6 Å². The first-order chi connectivity index (χ1) is 14.5. The Morgan fingerprint density at radius 2 is 1.87 bits per heavy atom. The van der Waals surface area contributed by atoms with E-state index >= 15 is 0 Å². The number of aldehydes is 1. The second-order valence-electron chi connectivity index (χ2n) is 6.79. The maximum atomic E-state index is 13.4. The summed E-state index contributed by atoms with van der Waals surface area (Å²) in [5, 5.41) is 7.67. The van der Waals surface area contributed by atoms with Gasteiger partial charge in [0.15, 0.2) is 6.29 Å². The van der Waals surface area contributed by atoms with Crippen molar-refractivity contribution < 1.29 is 13.6 Å². The Labute approximate surface area is 177 Å². The Bertz CT molecular complexity index is 993. The van der Waals surface area contributed by atoms with Crippen LogP contribution in [0.15, 0.2) is 24.4 Å². The lowest BCUT2D eigenvalue weighted by molar-refractivity contribution is 0.112. The highest BCUT2D eigenvalue weighted by Crippen LogP contribution is 2.32. The van der Waals surface area contributed by atoms with Gasteiger partial charge in [0.2, 0.25) is 0 Å². The fourth-order valence-electron chi connectivity index (χ4n) is 3.33. The topological polar surface area (TPSA) is 89.1 Å². The zero-order valence-corrected chi connectivity index (χ0v) is 17.7. The Kier molecular flexibility index (Phi) is 6.99. The molecular weight excluding hydrogens is 410 g/mol. The van der Waals surface area contributed by atoms with Crippen molar-refractivity contribution in [3.8, 4) is 10.6 Å². The summed E-state index contributed by atoms with van der Waals surface area (Å²) >= 11 is 0.876. The number of nitrogens with two attached hydrogens (primary N) is 1. The predicted octanol–water partition coefficient (Wildman–Crippen LogP) is 3.94. The van der Waals surface area contributed by atoms with E-state index in [1.54, 1.807) is 0 Å². The number of carbonyl (C=O) groups excluding carboxylic acids is 1. The van der Waals surface area contributed by atoms with Crippen LogP contribution in [0.5, 0.6) is 0 Å². The molecule has 1 aliphatic heterocycles. The van der Waals surface area contributed by atoms with Crippen LogP contribution in [-0.2, 0) is 7.05 Å². The summed E-state index contributed by atoms with van der Waals surface area (Å²) < 4.78 is 28.7. The zero-order chi connectivity index (χ0) is 21.7. The number of aryl methyl sites for hydroxylation is 1. The first-order valence-corrected chi connectivity index (χ1v) is 10.4. The second-order valence-corrected chi connectivity index (χ2v) is 7.82. The van der Waals surface area contributed by atoms with Crippen LogP contribution in [0.2, 0.25) is 0 Å². The van der Waals surface area contributed by atoms with Gasteiger partial charge in [0.05, 0.1) is 17.4 Å². The third-order valence-electron chi connectivity index (χ3n) is 4.80. The molecule has 30 heavy (non-hydrogen) atoms. The molecule has 0 bridgehead atoms. The Morgan fingerprint density at radius 3 is 2.43 bits per heavy atom. The smallest absolute Gasteiger partial charge is 0.171 e. The number of piperidine rings is 1. The van der Waals surface area contributed by atoms with E-state index in [9.17, 15) is 13.6 Å². The molecule has 0 aliphatic carbocycles. The van der Waals surface area contributed by atoms with Crippen molar-refractivity contribution in [3.05, 3.63) is 41.7 Å². The minimum Gasteiger partial charge on any atom is -0.389 e. The largest absolute Gasteiger partial charge is 0.389 e. The number of hydrogen-bond acceptors (Lipinski definition) is 7. The van der Waals surface area contributed by atoms with Crippen LogP contribution in [0.4, 0.5) is 25.3 Å². The van der Waals surface area contributed by atoms with Gasteiger partial charge in [-0.3, -0.25) is 9.48 Å². The number of nitrogen functional groups attached to an aromatic ring is 1. The number of hydrogen-bond donors (Lipinski definition) is 2. The number of nitrogens with one attached hydrogen (secondary N) is 1. The molecule has 2 aromatic heterocycles. The fourth-order valence-corrected chi connectivity index (χ4v) is 4.17. The third-order valence-corrected chi connectivity index (χ3v) is 5.72. The van der Waals surface area contributed by atoms with Crippen molar-refractivity contribution in [1.82, 2.24) is 14.8 Å². The van der Waals surface area contributed by atoms with Crippen LogP contribution < -0.4 is 16.0 Å². The number of rotatable bonds is 4. The molecular formula is C20H24F2N6OS. The van der Waals surface area contributed by atoms with E-state index in [0.717, 1.165) is 42.2 Å². The van der Waals surface area contributed by atoms with Crippen LogP contribution in [0.1, 0.15) is 29.8 Å². The maximum Gasteiger partial charge on any atom is 0.171 e.